The van der Waals surface area contributed by atoms with Gasteiger partial charge in [-0.2, -0.15) is 0 Å². The molecule has 0 saturated carbocycles. The summed E-state index contributed by atoms with van der Waals surface area (Å²) in [6, 6.07) is 4.05. The molecule has 0 aromatic heterocycles. The molecule has 1 atom stereocenters. The van der Waals surface area contributed by atoms with Gasteiger partial charge in [-0.3, -0.25) is 0 Å². The topological polar surface area (TPSA) is 96.9 Å². The summed E-state index contributed by atoms with van der Waals surface area (Å²) < 4.78 is 11.3. The van der Waals surface area contributed by atoms with Crippen molar-refractivity contribution >= 4 is 33.6 Å². The Kier molecular flexibility index (Phi) is 5.54. The molecule has 3 N–H and O–H groups in total. The number of nitrogens with one attached hydrogen (secondary N) is 2. The minimum Gasteiger partial charge on any atom is -0.478 e. The van der Waals surface area contributed by atoms with Crippen LogP contribution >= 0.6 is 15.9 Å². The number of carbonyl (C=O) groups is 2. The first-order valence-corrected chi connectivity index (χ1v) is 7.12. The highest BCUT2D eigenvalue weighted by atomic mass is 79.9. The maximum Gasteiger partial charge on any atom is 0.337 e. The number of carbonyl (C=O) groups excluding carboxylic acids is 1. The summed E-state index contributed by atoms with van der Waals surface area (Å²) in [4.78, 5) is 22.9. The first kappa shape index (κ1) is 15.7. The fraction of sp³-hybridized carbons (Fsp3) is 0.385. The van der Waals surface area contributed by atoms with Crippen LogP contribution < -0.4 is 10.6 Å². The van der Waals surface area contributed by atoms with Crippen LogP contribution in [0.25, 0.3) is 0 Å². The van der Waals surface area contributed by atoms with Gasteiger partial charge < -0.3 is 25.2 Å². The zero-order valence-electron chi connectivity index (χ0n) is 11.1. The molecule has 1 aromatic rings. The largest absolute Gasteiger partial charge is 0.478 e. The number of urea groups is 1. The second-order valence-electron chi connectivity index (χ2n) is 4.40. The number of amides is 2. The fourth-order valence-corrected chi connectivity index (χ4v) is 2.19. The molecular weight excluding hydrogens is 344 g/mol. The van der Waals surface area contributed by atoms with E-state index < -0.39 is 12.0 Å². The van der Waals surface area contributed by atoms with E-state index in [1.165, 1.54) is 12.1 Å². The van der Waals surface area contributed by atoms with Gasteiger partial charge >= 0.3 is 12.0 Å². The Bertz CT molecular complexity index is 531. The van der Waals surface area contributed by atoms with Crippen LogP contribution in [0.1, 0.15) is 10.4 Å². The number of benzene rings is 1. The summed E-state index contributed by atoms with van der Waals surface area (Å²) in [5, 5.41) is 14.2. The van der Waals surface area contributed by atoms with Crippen molar-refractivity contribution in [1.29, 1.82) is 0 Å². The second-order valence-corrected chi connectivity index (χ2v) is 5.31. The number of ether oxygens (including phenoxy) is 2. The van der Waals surface area contributed by atoms with Crippen molar-refractivity contribution < 1.29 is 24.2 Å². The first-order valence-electron chi connectivity index (χ1n) is 6.33. The SMILES string of the molecule is O=C(NCC1COCCO1)Nc1cc(Br)ccc1C(=O)O. The summed E-state index contributed by atoms with van der Waals surface area (Å²) in [6.07, 6.45) is -0.189. The highest BCUT2D eigenvalue weighted by Crippen LogP contribution is 2.21. The number of rotatable bonds is 4. The van der Waals surface area contributed by atoms with E-state index in [1.807, 2.05) is 0 Å². The molecule has 1 heterocycles. The lowest BCUT2D eigenvalue weighted by atomic mass is 10.2. The van der Waals surface area contributed by atoms with E-state index in [0.29, 0.717) is 30.8 Å². The minimum atomic E-state index is -1.11. The molecule has 1 unspecified atom stereocenters. The van der Waals surface area contributed by atoms with E-state index >= 15 is 0 Å². The molecule has 2 amide bonds. The maximum atomic E-state index is 11.8. The van der Waals surface area contributed by atoms with Crippen LogP contribution in [0.5, 0.6) is 0 Å². The molecule has 1 aliphatic rings. The summed E-state index contributed by atoms with van der Waals surface area (Å²) in [5.41, 5.74) is 0.237. The third kappa shape index (κ3) is 4.69. The summed E-state index contributed by atoms with van der Waals surface area (Å²) in [5.74, 6) is -1.11. The second kappa shape index (κ2) is 7.39. The van der Waals surface area contributed by atoms with Gasteiger partial charge in [-0.1, -0.05) is 15.9 Å². The van der Waals surface area contributed by atoms with Crippen LogP contribution in [-0.2, 0) is 9.47 Å². The van der Waals surface area contributed by atoms with Gasteiger partial charge in [0.05, 0.1) is 37.2 Å². The summed E-state index contributed by atoms with van der Waals surface area (Å²) in [6.45, 7) is 1.78. The van der Waals surface area contributed by atoms with Crippen molar-refractivity contribution in [2.45, 2.75) is 6.10 Å². The van der Waals surface area contributed by atoms with Crippen LogP contribution in [0.3, 0.4) is 0 Å². The van der Waals surface area contributed by atoms with Crippen molar-refractivity contribution in [2.75, 3.05) is 31.7 Å². The third-order valence-corrected chi connectivity index (χ3v) is 3.33. The normalized spacial score (nSPS) is 18.0. The van der Waals surface area contributed by atoms with Gasteiger partial charge in [-0.15, -0.1) is 0 Å². The Balaban J connectivity index is 1.92. The molecule has 2 rings (SSSR count). The predicted octanol–water partition coefficient (Wildman–Crippen LogP) is 1.68. The van der Waals surface area contributed by atoms with E-state index in [4.69, 9.17) is 14.6 Å². The number of hydrogen-bond acceptors (Lipinski definition) is 4. The lowest BCUT2D eigenvalue weighted by Gasteiger charge is -2.23. The predicted molar refractivity (Wildman–Crippen MR) is 78.7 cm³/mol. The number of anilines is 1. The third-order valence-electron chi connectivity index (χ3n) is 2.84. The lowest BCUT2D eigenvalue weighted by molar-refractivity contribution is -0.0852. The molecule has 0 bridgehead atoms. The molecule has 114 valence electrons. The van der Waals surface area contributed by atoms with Crippen LogP contribution in [0.2, 0.25) is 0 Å². The average molecular weight is 359 g/mol. The van der Waals surface area contributed by atoms with E-state index in [-0.39, 0.29) is 17.4 Å². The molecule has 0 radical (unpaired) electrons. The van der Waals surface area contributed by atoms with E-state index in [2.05, 4.69) is 26.6 Å². The minimum absolute atomic E-state index is 0.0191. The Morgan fingerprint density at radius 1 is 1.38 bits per heavy atom. The molecule has 0 spiro atoms. The number of hydrogen-bond donors (Lipinski definition) is 3. The van der Waals surface area contributed by atoms with Gasteiger partial charge in [-0.05, 0) is 18.2 Å². The van der Waals surface area contributed by atoms with Crippen molar-refractivity contribution in [2.24, 2.45) is 0 Å². The Morgan fingerprint density at radius 3 is 2.86 bits per heavy atom. The van der Waals surface area contributed by atoms with Crippen LogP contribution in [-0.4, -0.2) is 49.6 Å². The molecule has 8 heteroatoms. The van der Waals surface area contributed by atoms with Crippen LogP contribution in [0.4, 0.5) is 10.5 Å². The van der Waals surface area contributed by atoms with Crippen molar-refractivity contribution in [3.05, 3.63) is 28.2 Å². The molecule has 7 nitrogen and oxygen atoms in total. The maximum absolute atomic E-state index is 11.8. The number of halogens is 1. The van der Waals surface area contributed by atoms with Crippen LogP contribution in [0.15, 0.2) is 22.7 Å². The average Bonchev–Trinajstić information content (AvgIpc) is 2.46. The first-order chi connectivity index (χ1) is 10.1. The van der Waals surface area contributed by atoms with Crippen molar-refractivity contribution in [1.82, 2.24) is 5.32 Å². The number of carboxylic acids is 1. The van der Waals surface area contributed by atoms with E-state index in [1.54, 1.807) is 6.07 Å². The zero-order chi connectivity index (χ0) is 15.2. The number of aromatic carboxylic acids is 1. The van der Waals surface area contributed by atoms with Gasteiger partial charge in [0, 0.05) is 11.0 Å². The fourth-order valence-electron chi connectivity index (χ4n) is 1.83. The molecule has 21 heavy (non-hydrogen) atoms. The zero-order valence-corrected chi connectivity index (χ0v) is 12.7. The molecule has 1 aromatic carbocycles. The Morgan fingerprint density at radius 2 is 2.19 bits per heavy atom. The van der Waals surface area contributed by atoms with Gasteiger partial charge in [0.1, 0.15) is 0 Å². The molecule has 1 aliphatic heterocycles. The monoisotopic (exact) mass is 358 g/mol. The molecule has 1 fully saturated rings. The quantitative estimate of drug-likeness (QED) is 0.760. The Labute approximate surface area is 129 Å². The van der Waals surface area contributed by atoms with E-state index in [9.17, 15) is 9.59 Å². The summed E-state index contributed by atoms with van der Waals surface area (Å²) >= 11 is 3.24. The summed E-state index contributed by atoms with van der Waals surface area (Å²) in [7, 11) is 0. The lowest BCUT2D eigenvalue weighted by Crippen LogP contribution is -2.41. The van der Waals surface area contributed by atoms with Gasteiger partial charge in [0.15, 0.2) is 0 Å². The molecule has 0 aliphatic carbocycles. The van der Waals surface area contributed by atoms with Gasteiger partial charge in [0.2, 0.25) is 0 Å². The van der Waals surface area contributed by atoms with Gasteiger partial charge in [-0.25, -0.2) is 9.59 Å². The standard InChI is InChI=1S/C13H15BrN2O5/c14-8-1-2-10(12(17)18)11(5-8)16-13(19)15-6-9-7-20-3-4-21-9/h1-2,5,9H,3-4,6-7H2,(H,17,18)(H2,15,16,19). The van der Waals surface area contributed by atoms with Crippen molar-refractivity contribution in [3.63, 3.8) is 0 Å². The smallest absolute Gasteiger partial charge is 0.337 e. The van der Waals surface area contributed by atoms with E-state index in [0.717, 1.165) is 0 Å². The highest BCUT2D eigenvalue weighted by Gasteiger charge is 2.16. The van der Waals surface area contributed by atoms with Crippen LogP contribution in [0, 0.1) is 0 Å². The molecule has 1 saturated heterocycles. The highest BCUT2D eigenvalue weighted by molar-refractivity contribution is 9.10. The Hall–Kier alpha value is -1.64. The van der Waals surface area contributed by atoms with Gasteiger partial charge in [0.25, 0.3) is 0 Å². The molecular formula is C13H15BrN2O5. The van der Waals surface area contributed by atoms with Crippen molar-refractivity contribution in [3.8, 4) is 0 Å². The number of carboxylic acid groups (broad SMARTS) is 1.